The van der Waals surface area contributed by atoms with Crippen molar-refractivity contribution in [2.24, 2.45) is 0 Å². The van der Waals surface area contributed by atoms with Gasteiger partial charge in [-0.05, 0) is 45.2 Å². The fourth-order valence-corrected chi connectivity index (χ4v) is 1.34. The highest BCUT2D eigenvalue weighted by Gasteiger charge is 2.09. The van der Waals surface area contributed by atoms with Gasteiger partial charge in [0.15, 0.2) is 0 Å². The molecule has 1 aromatic rings. The van der Waals surface area contributed by atoms with E-state index >= 15 is 0 Å². The third-order valence-corrected chi connectivity index (χ3v) is 2.08. The fourth-order valence-electron chi connectivity index (χ4n) is 1.34. The molecule has 0 aliphatic carbocycles. The van der Waals surface area contributed by atoms with Crippen LogP contribution in [-0.2, 0) is 9.53 Å². The molecule has 0 aromatic heterocycles. The highest BCUT2D eigenvalue weighted by molar-refractivity contribution is 5.94. The number of hydrogen-bond acceptors (Lipinski definition) is 4. The Morgan fingerprint density at radius 3 is 2.33 bits per heavy atom. The predicted octanol–water partition coefficient (Wildman–Crippen LogP) is 1.41. The number of carbonyl (C=O) groups is 2. The number of ether oxygens (including phenoxy) is 1. The van der Waals surface area contributed by atoms with Crippen LogP contribution >= 0.6 is 0 Å². The summed E-state index contributed by atoms with van der Waals surface area (Å²) in [5.74, 6) is -0.492. The average molecular weight is 250 g/mol. The first kappa shape index (κ1) is 14.2. The van der Waals surface area contributed by atoms with Crippen molar-refractivity contribution in [1.82, 2.24) is 5.32 Å². The molecule has 0 bridgehead atoms. The Morgan fingerprint density at radius 2 is 1.83 bits per heavy atom. The molecule has 0 spiro atoms. The second-order valence-corrected chi connectivity index (χ2v) is 4.11. The summed E-state index contributed by atoms with van der Waals surface area (Å²) in [6.45, 7) is 3.84. The van der Waals surface area contributed by atoms with Gasteiger partial charge in [0.05, 0.1) is 18.2 Å². The summed E-state index contributed by atoms with van der Waals surface area (Å²) in [7, 11) is 1.70. The van der Waals surface area contributed by atoms with E-state index in [4.69, 9.17) is 4.74 Å². The van der Waals surface area contributed by atoms with Crippen LogP contribution in [0.3, 0.4) is 0 Å². The maximum absolute atomic E-state index is 11.6. The molecule has 1 aromatic carbocycles. The van der Waals surface area contributed by atoms with E-state index < -0.39 is 0 Å². The normalized spacial score (nSPS) is 10.2. The van der Waals surface area contributed by atoms with E-state index in [1.54, 1.807) is 45.2 Å². The first-order valence-electron chi connectivity index (χ1n) is 5.78. The van der Waals surface area contributed by atoms with Crippen LogP contribution in [-0.4, -0.2) is 31.6 Å². The maximum atomic E-state index is 11.6. The van der Waals surface area contributed by atoms with Crippen molar-refractivity contribution in [3.8, 4) is 0 Å². The minimum absolute atomic E-state index is 0.130. The maximum Gasteiger partial charge on any atom is 0.338 e. The third-order valence-electron chi connectivity index (χ3n) is 2.08. The van der Waals surface area contributed by atoms with Gasteiger partial charge in [0.25, 0.3) is 0 Å². The van der Waals surface area contributed by atoms with Gasteiger partial charge < -0.3 is 15.4 Å². The van der Waals surface area contributed by atoms with Gasteiger partial charge in [-0.3, -0.25) is 4.79 Å². The molecule has 1 amide bonds. The van der Waals surface area contributed by atoms with Crippen molar-refractivity contribution in [3.05, 3.63) is 29.8 Å². The van der Waals surface area contributed by atoms with Gasteiger partial charge in [-0.2, -0.15) is 0 Å². The predicted molar refractivity (Wildman–Crippen MR) is 69.5 cm³/mol. The first-order valence-corrected chi connectivity index (χ1v) is 5.78. The molecule has 0 unspecified atom stereocenters. The number of rotatable bonds is 5. The van der Waals surface area contributed by atoms with Gasteiger partial charge in [0.1, 0.15) is 0 Å². The zero-order valence-corrected chi connectivity index (χ0v) is 10.8. The van der Waals surface area contributed by atoms with Crippen LogP contribution in [0.15, 0.2) is 24.3 Å². The Balaban J connectivity index is 2.62. The van der Waals surface area contributed by atoms with Crippen molar-refractivity contribution in [2.45, 2.75) is 20.0 Å². The number of likely N-dealkylation sites (N-methyl/N-ethyl adjacent to an activating group) is 1. The second-order valence-electron chi connectivity index (χ2n) is 4.11. The smallest absolute Gasteiger partial charge is 0.338 e. The summed E-state index contributed by atoms with van der Waals surface area (Å²) in [6, 6.07) is 6.59. The number of nitrogens with one attached hydrogen (secondary N) is 2. The van der Waals surface area contributed by atoms with Crippen molar-refractivity contribution in [3.63, 3.8) is 0 Å². The van der Waals surface area contributed by atoms with Gasteiger partial charge in [0, 0.05) is 5.69 Å². The molecule has 0 saturated heterocycles. The van der Waals surface area contributed by atoms with Crippen LogP contribution in [0.2, 0.25) is 0 Å². The summed E-state index contributed by atoms with van der Waals surface area (Å²) in [4.78, 5) is 22.9. The molecule has 0 fully saturated rings. The lowest BCUT2D eigenvalue weighted by Crippen LogP contribution is -2.25. The molecule has 0 saturated carbocycles. The Kier molecular flexibility index (Phi) is 5.32. The fraction of sp³-hybridized carbons (Fsp3) is 0.385. The molecule has 0 atom stereocenters. The van der Waals surface area contributed by atoms with Gasteiger partial charge in [-0.1, -0.05) is 0 Å². The molecule has 0 aliphatic heterocycles. The zero-order valence-electron chi connectivity index (χ0n) is 10.8. The summed E-state index contributed by atoms with van der Waals surface area (Å²) >= 11 is 0. The molecule has 0 radical (unpaired) electrons. The number of hydrogen-bond donors (Lipinski definition) is 2. The van der Waals surface area contributed by atoms with Crippen molar-refractivity contribution in [1.29, 1.82) is 0 Å². The minimum atomic E-state index is -0.363. The van der Waals surface area contributed by atoms with Crippen LogP contribution < -0.4 is 10.6 Å². The lowest BCUT2D eigenvalue weighted by molar-refractivity contribution is -0.115. The van der Waals surface area contributed by atoms with Crippen LogP contribution in [0.5, 0.6) is 0 Å². The standard InChI is InChI=1S/C13H18N2O3/c1-9(2)18-13(17)10-4-6-11(7-5-10)15-12(16)8-14-3/h4-7,9,14H,8H2,1-3H3,(H,15,16). The van der Waals surface area contributed by atoms with E-state index in [0.29, 0.717) is 11.3 Å². The molecule has 2 N–H and O–H groups in total. The van der Waals surface area contributed by atoms with Gasteiger partial charge in [-0.15, -0.1) is 0 Å². The summed E-state index contributed by atoms with van der Waals surface area (Å²) in [5, 5.41) is 5.45. The number of carbonyl (C=O) groups excluding carboxylic acids is 2. The molecule has 1 rings (SSSR count). The highest BCUT2D eigenvalue weighted by Crippen LogP contribution is 2.11. The summed E-state index contributed by atoms with van der Waals surface area (Å²) in [6.07, 6.45) is -0.146. The number of esters is 1. The third kappa shape index (κ3) is 4.55. The summed E-state index contributed by atoms with van der Waals surface area (Å²) in [5.41, 5.74) is 1.12. The molecule has 5 nitrogen and oxygen atoms in total. The van der Waals surface area contributed by atoms with Gasteiger partial charge in [-0.25, -0.2) is 4.79 Å². The molecule has 18 heavy (non-hydrogen) atoms. The Morgan fingerprint density at radius 1 is 1.22 bits per heavy atom. The van der Waals surface area contributed by atoms with Crippen LogP contribution in [0.4, 0.5) is 5.69 Å². The minimum Gasteiger partial charge on any atom is -0.459 e. The zero-order chi connectivity index (χ0) is 13.5. The largest absolute Gasteiger partial charge is 0.459 e. The quantitative estimate of drug-likeness (QED) is 0.775. The van der Waals surface area contributed by atoms with E-state index in [1.165, 1.54) is 0 Å². The average Bonchev–Trinajstić information content (AvgIpc) is 2.29. The molecule has 98 valence electrons. The molecule has 0 aliphatic rings. The van der Waals surface area contributed by atoms with E-state index in [1.807, 2.05) is 0 Å². The topological polar surface area (TPSA) is 67.4 Å². The van der Waals surface area contributed by atoms with Crippen LogP contribution in [0.25, 0.3) is 0 Å². The number of amides is 1. The van der Waals surface area contributed by atoms with Crippen molar-refractivity contribution < 1.29 is 14.3 Å². The van der Waals surface area contributed by atoms with Crippen molar-refractivity contribution >= 4 is 17.6 Å². The second kappa shape index (κ2) is 6.76. The lowest BCUT2D eigenvalue weighted by Gasteiger charge is -2.09. The Hall–Kier alpha value is -1.88. The van der Waals surface area contributed by atoms with E-state index in [2.05, 4.69) is 10.6 Å². The monoisotopic (exact) mass is 250 g/mol. The summed E-state index contributed by atoms with van der Waals surface area (Å²) < 4.78 is 5.06. The number of anilines is 1. The van der Waals surface area contributed by atoms with E-state index in [9.17, 15) is 9.59 Å². The molecular formula is C13H18N2O3. The van der Waals surface area contributed by atoms with E-state index in [-0.39, 0.29) is 24.5 Å². The van der Waals surface area contributed by atoms with Crippen molar-refractivity contribution in [2.75, 3.05) is 18.9 Å². The number of benzene rings is 1. The SMILES string of the molecule is CNCC(=O)Nc1ccc(C(=O)OC(C)C)cc1. The molecule has 5 heteroatoms. The van der Waals surface area contributed by atoms with Gasteiger partial charge >= 0.3 is 5.97 Å². The highest BCUT2D eigenvalue weighted by atomic mass is 16.5. The Labute approximate surface area is 107 Å². The molecule has 0 heterocycles. The first-order chi connectivity index (χ1) is 8.52. The van der Waals surface area contributed by atoms with Crippen LogP contribution in [0, 0.1) is 0 Å². The van der Waals surface area contributed by atoms with Gasteiger partial charge in [0.2, 0.25) is 5.91 Å². The molecular weight excluding hydrogens is 232 g/mol. The Bertz CT molecular complexity index is 413. The van der Waals surface area contributed by atoms with Crippen LogP contribution in [0.1, 0.15) is 24.2 Å². The van der Waals surface area contributed by atoms with E-state index in [0.717, 1.165) is 0 Å². The lowest BCUT2D eigenvalue weighted by atomic mass is 10.2.